The lowest BCUT2D eigenvalue weighted by molar-refractivity contribution is -0.0164. The third-order valence-electron chi connectivity index (χ3n) is 7.12. The second-order valence-corrected chi connectivity index (χ2v) is 8.64. The molecule has 3 fully saturated rings. The van der Waals surface area contributed by atoms with Crippen LogP contribution in [-0.4, -0.2) is 62.3 Å². The molecule has 3 rings (SSSR count). The van der Waals surface area contributed by atoms with Gasteiger partial charge in [0.15, 0.2) is 5.96 Å². The van der Waals surface area contributed by atoms with Crippen LogP contribution in [0.2, 0.25) is 0 Å². The Morgan fingerprint density at radius 3 is 2.27 bits per heavy atom. The third kappa shape index (κ3) is 4.72. The van der Waals surface area contributed by atoms with E-state index in [0.717, 1.165) is 51.6 Å². The van der Waals surface area contributed by atoms with E-state index in [1.807, 2.05) is 0 Å². The molecule has 0 bridgehead atoms. The Hall–Kier alpha value is -0.810. The molecule has 2 saturated heterocycles. The zero-order chi connectivity index (χ0) is 18.3. The first-order valence-corrected chi connectivity index (χ1v) is 11.1. The fraction of sp³-hybridized carbons (Fsp3) is 0.952. The molecule has 2 aliphatic heterocycles. The molecule has 5 heteroatoms. The van der Waals surface area contributed by atoms with Gasteiger partial charge in [0.2, 0.25) is 0 Å². The number of hydrogen-bond acceptors (Lipinski definition) is 3. The highest BCUT2D eigenvalue weighted by atomic mass is 16.5. The van der Waals surface area contributed by atoms with Crippen molar-refractivity contribution in [1.82, 2.24) is 15.5 Å². The van der Waals surface area contributed by atoms with Gasteiger partial charge in [-0.25, -0.2) is 0 Å². The van der Waals surface area contributed by atoms with Gasteiger partial charge in [-0.15, -0.1) is 0 Å². The quantitative estimate of drug-likeness (QED) is 0.538. The van der Waals surface area contributed by atoms with Crippen molar-refractivity contribution in [2.75, 3.05) is 45.9 Å². The van der Waals surface area contributed by atoms with E-state index in [0.29, 0.717) is 5.41 Å². The van der Waals surface area contributed by atoms with Crippen LogP contribution >= 0.6 is 0 Å². The van der Waals surface area contributed by atoms with Crippen LogP contribution in [0, 0.1) is 5.41 Å². The van der Waals surface area contributed by atoms with E-state index in [9.17, 15) is 0 Å². The van der Waals surface area contributed by atoms with Crippen LogP contribution in [0.5, 0.6) is 0 Å². The fourth-order valence-corrected chi connectivity index (χ4v) is 5.13. The SMILES string of the molecule is CCNC(=NCC1(CC)CCCC1)NCC1(N2CCCC2)CCOCC1. The van der Waals surface area contributed by atoms with Crippen molar-refractivity contribution in [2.24, 2.45) is 10.4 Å². The first kappa shape index (κ1) is 19.9. The molecule has 0 spiro atoms. The van der Waals surface area contributed by atoms with E-state index in [1.165, 1.54) is 58.0 Å². The molecule has 3 aliphatic rings. The van der Waals surface area contributed by atoms with Gasteiger partial charge in [-0.2, -0.15) is 0 Å². The molecule has 2 N–H and O–H groups in total. The normalized spacial score (nSPS) is 26.2. The Balaban J connectivity index is 1.63. The Kier molecular flexibility index (Phi) is 7.21. The van der Waals surface area contributed by atoms with Crippen LogP contribution in [0.1, 0.15) is 71.6 Å². The summed E-state index contributed by atoms with van der Waals surface area (Å²) in [6.07, 6.45) is 11.7. The number of likely N-dealkylation sites (tertiary alicyclic amines) is 1. The minimum atomic E-state index is 0.251. The van der Waals surface area contributed by atoms with Gasteiger partial charge in [-0.3, -0.25) is 9.89 Å². The van der Waals surface area contributed by atoms with Crippen LogP contribution in [0.25, 0.3) is 0 Å². The summed E-state index contributed by atoms with van der Waals surface area (Å²) in [6.45, 7) is 11.7. The lowest BCUT2D eigenvalue weighted by Crippen LogP contribution is -2.58. The van der Waals surface area contributed by atoms with Crippen LogP contribution in [-0.2, 0) is 4.74 Å². The van der Waals surface area contributed by atoms with Gasteiger partial charge in [-0.1, -0.05) is 19.8 Å². The van der Waals surface area contributed by atoms with Crippen molar-refractivity contribution >= 4 is 5.96 Å². The van der Waals surface area contributed by atoms with Gasteiger partial charge in [-0.05, 0) is 70.4 Å². The van der Waals surface area contributed by atoms with Crippen molar-refractivity contribution in [3.63, 3.8) is 0 Å². The highest BCUT2D eigenvalue weighted by molar-refractivity contribution is 5.79. The predicted octanol–water partition coefficient (Wildman–Crippen LogP) is 3.16. The summed E-state index contributed by atoms with van der Waals surface area (Å²) in [4.78, 5) is 7.74. The average molecular weight is 365 g/mol. The van der Waals surface area contributed by atoms with Gasteiger partial charge >= 0.3 is 0 Å². The van der Waals surface area contributed by atoms with Crippen molar-refractivity contribution in [3.05, 3.63) is 0 Å². The Labute approximate surface area is 160 Å². The molecular weight excluding hydrogens is 324 g/mol. The number of hydrogen-bond donors (Lipinski definition) is 2. The minimum absolute atomic E-state index is 0.251. The van der Waals surface area contributed by atoms with E-state index in [-0.39, 0.29) is 5.54 Å². The molecule has 1 saturated carbocycles. The largest absolute Gasteiger partial charge is 0.381 e. The summed E-state index contributed by atoms with van der Waals surface area (Å²) < 4.78 is 5.68. The van der Waals surface area contributed by atoms with Crippen LogP contribution in [0.4, 0.5) is 0 Å². The van der Waals surface area contributed by atoms with E-state index < -0.39 is 0 Å². The topological polar surface area (TPSA) is 48.9 Å². The maximum absolute atomic E-state index is 5.68. The van der Waals surface area contributed by atoms with Crippen molar-refractivity contribution in [3.8, 4) is 0 Å². The Bertz CT molecular complexity index is 447. The summed E-state index contributed by atoms with van der Waals surface area (Å²) in [5.41, 5.74) is 0.703. The zero-order valence-corrected chi connectivity index (χ0v) is 17.1. The molecule has 150 valence electrons. The molecule has 5 nitrogen and oxygen atoms in total. The summed E-state index contributed by atoms with van der Waals surface area (Å²) in [6, 6.07) is 0. The van der Waals surface area contributed by atoms with E-state index in [2.05, 4.69) is 29.4 Å². The maximum atomic E-state index is 5.68. The molecular formula is C21H40N4O. The lowest BCUT2D eigenvalue weighted by Gasteiger charge is -2.45. The molecule has 0 atom stereocenters. The van der Waals surface area contributed by atoms with Gasteiger partial charge in [0.25, 0.3) is 0 Å². The Morgan fingerprint density at radius 1 is 0.962 bits per heavy atom. The van der Waals surface area contributed by atoms with Gasteiger partial charge in [0, 0.05) is 38.4 Å². The number of rotatable bonds is 7. The molecule has 0 unspecified atom stereocenters. The summed E-state index contributed by atoms with van der Waals surface area (Å²) in [5, 5.41) is 7.20. The van der Waals surface area contributed by atoms with Crippen LogP contribution in [0.3, 0.4) is 0 Å². The molecule has 0 aromatic heterocycles. The predicted molar refractivity (Wildman–Crippen MR) is 109 cm³/mol. The molecule has 2 heterocycles. The van der Waals surface area contributed by atoms with Crippen molar-refractivity contribution < 1.29 is 4.74 Å². The highest BCUT2D eigenvalue weighted by Gasteiger charge is 2.39. The standard InChI is InChI=1S/C21H40N4O/c1-3-20(9-5-6-10-20)17-23-19(22-4-2)24-18-21(11-15-26-16-12-21)25-13-7-8-14-25/h3-18H2,1-2H3,(H2,22,23,24). The molecule has 26 heavy (non-hydrogen) atoms. The second-order valence-electron chi connectivity index (χ2n) is 8.64. The molecule has 0 radical (unpaired) electrons. The number of guanidine groups is 1. The lowest BCUT2D eigenvalue weighted by atomic mass is 9.83. The number of ether oxygens (including phenoxy) is 1. The smallest absolute Gasteiger partial charge is 0.191 e. The first-order chi connectivity index (χ1) is 12.7. The van der Waals surface area contributed by atoms with E-state index in [4.69, 9.17) is 9.73 Å². The Morgan fingerprint density at radius 2 is 1.65 bits per heavy atom. The molecule has 0 aromatic rings. The van der Waals surface area contributed by atoms with Gasteiger partial charge in [0.05, 0.1) is 0 Å². The molecule has 1 aliphatic carbocycles. The zero-order valence-electron chi connectivity index (χ0n) is 17.1. The first-order valence-electron chi connectivity index (χ1n) is 11.1. The molecule has 0 amide bonds. The third-order valence-corrected chi connectivity index (χ3v) is 7.12. The van der Waals surface area contributed by atoms with Gasteiger partial charge < -0.3 is 15.4 Å². The minimum Gasteiger partial charge on any atom is -0.381 e. The average Bonchev–Trinajstić information content (AvgIpc) is 3.37. The maximum Gasteiger partial charge on any atom is 0.191 e. The van der Waals surface area contributed by atoms with E-state index in [1.54, 1.807) is 0 Å². The van der Waals surface area contributed by atoms with Crippen LogP contribution < -0.4 is 10.6 Å². The number of nitrogens with one attached hydrogen (secondary N) is 2. The monoisotopic (exact) mass is 364 g/mol. The van der Waals surface area contributed by atoms with Crippen molar-refractivity contribution in [1.29, 1.82) is 0 Å². The summed E-state index contributed by atoms with van der Waals surface area (Å²) in [7, 11) is 0. The highest BCUT2D eigenvalue weighted by Crippen LogP contribution is 2.41. The summed E-state index contributed by atoms with van der Waals surface area (Å²) in [5.74, 6) is 1.01. The second kappa shape index (κ2) is 9.41. The van der Waals surface area contributed by atoms with Gasteiger partial charge in [0.1, 0.15) is 0 Å². The number of aliphatic imine (C=N–C) groups is 1. The molecule has 0 aromatic carbocycles. The number of nitrogens with zero attached hydrogens (tertiary/aromatic N) is 2. The van der Waals surface area contributed by atoms with Crippen molar-refractivity contribution in [2.45, 2.75) is 77.2 Å². The van der Waals surface area contributed by atoms with Crippen LogP contribution in [0.15, 0.2) is 4.99 Å². The fourth-order valence-electron chi connectivity index (χ4n) is 5.13. The summed E-state index contributed by atoms with van der Waals surface area (Å²) >= 11 is 0. The van der Waals surface area contributed by atoms with E-state index >= 15 is 0 Å².